The van der Waals surface area contributed by atoms with Crippen molar-refractivity contribution in [3.63, 3.8) is 0 Å². The fourth-order valence-corrected chi connectivity index (χ4v) is 1.73. The molecule has 0 aliphatic carbocycles. The highest BCUT2D eigenvalue weighted by Crippen LogP contribution is 2.16. The van der Waals surface area contributed by atoms with E-state index in [1.165, 1.54) is 17.3 Å². The summed E-state index contributed by atoms with van der Waals surface area (Å²) in [7, 11) is 0. The van der Waals surface area contributed by atoms with Gasteiger partial charge in [0.15, 0.2) is 5.82 Å². The Morgan fingerprint density at radius 3 is 2.68 bits per heavy atom. The number of hydrogen-bond acceptors (Lipinski definition) is 5. The van der Waals surface area contributed by atoms with Crippen molar-refractivity contribution in [1.82, 2.24) is 29.5 Å². The van der Waals surface area contributed by atoms with Crippen LogP contribution < -0.4 is 0 Å². The number of aryl methyl sites for hydroxylation is 1. The molecule has 3 rings (SSSR count). The Hall–Kier alpha value is -2.83. The van der Waals surface area contributed by atoms with Crippen LogP contribution in [0, 0.1) is 6.92 Å². The highest BCUT2D eigenvalue weighted by molar-refractivity contribution is 5.81. The molecule has 2 heterocycles. The van der Waals surface area contributed by atoms with Crippen LogP contribution in [0.4, 0.5) is 4.79 Å². The van der Waals surface area contributed by atoms with Crippen LogP contribution in [0.5, 0.6) is 0 Å². The van der Waals surface area contributed by atoms with Gasteiger partial charge < -0.3 is 0 Å². The molecule has 0 amide bonds. The number of carbonyl (C=O) groups excluding carboxylic acids is 1. The maximum absolute atomic E-state index is 12.2. The lowest BCUT2D eigenvalue weighted by molar-refractivity contribution is 0.238. The summed E-state index contributed by atoms with van der Waals surface area (Å²) >= 11 is 0. The lowest BCUT2D eigenvalue weighted by Gasteiger charge is -2.03. The van der Waals surface area contributed by atoms with Crippen LogP contribution in [-0.4, -0.2) is 35.6 Å². The molecule has 0 saturated heterocycles. The number of carbonyl (C=O) groups is 1. The summed E-state index contributed by atoms with van der Waals surface area (Å²) in [5.41, 5.74) is 0.816. The Kier molecular flexibility index (Phi) is 2.64. The maximum atomic E-state index is 12.2. The molecule has 0 aliphatic heterocycles. The van der Waals surface area contributed by atoms with Gasteiger partial charge in [0, 0.05) is 5.56 Å². The maximum Gasteiger partial charge on any atom is 0.372 e. The Bertz CT molecular complexity index is 701. The Balaban J connectivity index is 2.10. The summed E-state index contributed by atoms with van der Waals surface area (Å²) in [6, 6.07) is 8.98. The minimum absolute atomic E-state index is 0.419. The molecule has 7 nitrogen and oxygen atoms in total. The van der Waals surface area contributed by atoms with E-state index in [1.807, 2.05) is 30.3 Å². The van der Waals surface area contributed by atoms with E-state index < -0.39 is 6.03 Å². The Morgan fingerprint density at radius 2 is 2.00 bits per heavy atom. The molecule has 0 N–H and O–H groups in total. The summed E-state index contributed by atoms with van der Waals surface area (Å²) in [6.45, 7) is 1.73. The number of hydrogen-bond donors (Lipinski definition) is 0. The van der Waals surface area contributed by atoms with Crippen LogP contribution >= 0.6 is 0 Å². The third-order valence-corrected chi connectivity index (χ3v) is 2.54. The first kappa shape index (κ1) is 11.3. The monoisotopic (exact) mass is 254 g/mol. The minimum Gasteiger partial charge on any atom is -0.243 e. The van der Waals surface area contributed by atoms with Gasteiger partial charge in [-0.2, -0.15) is 14.5 Å². The van der Waals surface area contributed by atoms with E-state index in [-0.39, 0.29) is 0 Å². The Labute approximate surface area is 108 Å². The Morgan fingerprint density at radius 1 is 1.21 bits per heavy atom. The molecule has 19 heavy (non-hydrogen) atoms. The molecule has 0 fully saturated rings. The van der Waals surface area contributed by atoms with Crippen molar-refractivity contribution in [3.05, 3.63) is 48.8 Å². The summed E-state index contributed by atoms with van der Waals surface area (Å²) in [5, 5.41) is 7.91. The third kappa shape index (κ3) is 2.01. The molecule has 0 atom stereocenters. The zero-order valence-electron chi connectivity index (χ0n) is 10.1. The second-order valence-electron chi connectivity index (χ2n) is 3.88. The van der Waals surface area contributed by atoms with Gasteiger partial charge in [-0.05, 0) is 6.92 Å². The molecule has 0 aliphatic rings. The van der Waals surface area contributed by atoms with Crippen LogP contribution in [0.1, 0.15) is 5.82 Å². The topological polar surface area (TPSA) is 78.5 Å². The molecule has 0 bridgehead atoms. The minimum atomic E-state index is -0.419. The first-order valence-corrected chi connectivity index (χ1v) is 5.64. The van der Waals surface area contributed by atoms with Crippen LogP contribution in [0.2, 0.25) is 0 Å². The number of rotatable bonds is 1. The fraction of sp³-hybridized carbons (Fsp3) is 0.0833. The van der Waals surface area contributed by atoms with Crippen molar-refractivity contribution in [2.45, 2.75) is 6.92 Å². The smallest absolute Gasteiger partial charge is 0.243 e. The van der Waals surface area contributed by atoms with Gasteiger partial charge in [-0.3, -0.25) is 0 Å². The molecular weight excluding hydrogens is 244 g/mol. The largest absolute Gasteiger partial charge is 0.372 e. The van der Waals surface area contributed by atoms with Crippen LogP contribution in [0.3, 0.4) is 0 Å². The van der Waals surface area contributed by atoms with E-state index >= 15 is 0 Å². The van der Waals surface area contributed by atoms with Gasteiger partial charge in [0.2, 0.25) is 0 Å². The molecule has 0 saturated carbocycles. The third-order valence-electron chi connectivity index (χ3n) is 2.54. The van der Waals surface area contributed by atoms with Crippen molar-refractivity contribution in [3.8, 4) is 11.4 Å². The summed E-state index contributed by atoms with van der Waals surface area (Å²) in [6.07, 6.45) is 2.62. The van der Waals surface area contributed by atoms with E-state index in [0.717, 1.165) is 10.2 Å². The van der Waals surface area contributed by atoms with Crippen LogP contribution in [-0.2, 0) is 0 Å². The predicted molar refractivity (Wildman–Crippen MR) is 66.4 cm³/mol. The highest BCUT2D eigenvalue weighted by atomic mass is 16.2. The molecule has 0 radical (unpaired) electrons. The van der Waals surface area contributed by atoms with Gasteiger partial charge in [-0.25, -0.2) is 14.8 Å². The predicted octanol–water partition coefficient (Wildman–Crippen LogP) is 1.36. The zero-order valence-corrected chi connectivity index (χ0v) is 10.1. The highest BCUT2D eigenvalue weighted by Gasteiger charge is 2.17. The molecule has 7 heteroatoms. The first-order valence-electron chi connectivity index (χ1n) is 5.64. The van der Waals surface area contributed by atoms with Gasteiger partial charge in [-0.15, -0.1) is 5.10 Å². The molecule has 2 aromatic heterocycles. The standard InChI is InChI=1S/C12H10N6O/c1-9-15-11(10-5-3-2-4-6-10)18(16-9)12(19)17-8-13-7-14-17/h2-8H,1H3. The van der Waals surface area contributed by atoms with Crippen molar-refractivity contribution in [2.24, 2.45) is 0 Å². The second kappa shape index (κ2) is 4.45. The molecule has 0 unspecified atom stereocenters. The zero-order chi connectivity index (χ0) is 13.2. The van der Waals surface area contributed by atoms with Crippen molar-refractivity contribution >= 4 is 6.03 Å². The summed E-state index contributed by atoms with van der Waals surface area (Å²) < 4.78 is 2.33. The summed E-state index contributed by atoms with van der Waals surface area (Å²) in [4.78, 5) is 20.3. The van der Waals surface area contributed by atoms with Crippen LogP contribution in [0.25, 0.3) is 11.4 Å². The molecular formula is C12H10N6O. The van der Waals surface area contributed by atoms with E-state index in [9.17, 15) is 4.79 Å². The van der Waals surface area contributed by atoms with Gasteiger partial charge in [0.1, 0.15) is 18.5 Å². The van der Waals surface area contributed by atoms with Crippen molar-refractivity contribution in [1.29, 1.82) is 0 Å². The molecule has 0 spiro atoms. The fourth-order valence-electron chi connectivity index (χ4n) is 1.73. The summed E-state index contributed by atoms with van der Waals surface area (Å²) in [5.74, 6) is 1.01. The lowest BCUT2D eigenvalue weighted by Crippen LogP contribution is -2.22. The van der Waals surface area contributed by atoms with E-state index in [2.05, 4.69) is 20.2 Å². The average Bonchev–Trinajstić information content (AvgIpc) is 3.08. The van der Waals surface area contributed by atoms with Crippen molar-refractivity contribution in [2.75, 3.05) is 0 Å². The average molecular weight is 254 g/mol. The van der Waals surface area contributed by atoms with E-state index in [1.54, 1.807) is 6.92 Å². The molecule has 1 aromatic carbocycles. The van der Waals surface area contributed by atoms with E-state index in [4.69, 9.17) is 0 Å². The quantitative estimate of drug-likeness (QED) is 0.655. The van der Waals surface area contributed by atoms with Gasteiger partial charge in [0.05, 0.1) is 0 Å². The normalized spacial score (nSPS) is 10.6. The molecule has 3 aromatic rings. The number of benzene rings is 1. The van der Waals surface area contributed by atoms with E-state index in [0.29, 0.717) is 11.6 Å². The first-order chi connectivity index (χ1) is 9.25. The van der Waals surface area contributed by atoms with Gasteiger partial charge >= 0.3 is 6.03 Å². The lowest BCUT2D eigenvalue weighted by atomic mass is 10.2. The van der Waals surface area contributed by atoms with Crippen molar-refractivity contribution < 1.29 is 4.79 Å². The number of nitrogens with zero attached hydrogens (tertiary/aromatic N) is 6. The van der Waals surface area contributed by atoms with Gasteiger partial charge in [0.25, 0.3) is 0 Å². The van der Waals surface area contributed by atoms with Gasteiger partial charge in [-0.1, -0.05) is 30.3 Å². The SMILES string of the molecule is Cc1nc(-c2ccccc2)n(C(=O)n2cncn2)n1. The number of aromatic nitrogens is 6. The second-order valence-corrected chi connectivity index (χ2v) is 3.88. The molecule has 94 valence electrons. The van der Waals surface area contributed by atoms with Crippen LogP contribution in [0.15, 0.2) is 43.0 Å².